The van der Waals surface area contributed by atoms with Gasteiger partial charge in [-0.2, -0.15) is 0 Å². The lowest BCUT2D eigenvalue weighted by atomic mass is 10.1. The standard InChI is InChI=1S/C20H19FN2O3S/c1-12-7-13(2)9-15(8-12)22-18(24)11-27-17-10-19(25)23(20(17)26)16-5-3-14(21)4-6-16/h3-9,17H,10-11H2,1-2H3,(H,22,24)/t17-/m0/s1. The van der Waals surface area contributed by atoms with E-state index in [0.717, 1.165) is 27.8 Å². The van der Waals surface area contributed by atoms with Gasteiger partial charge in [0.1, 0.15) is 5.82 Å². The summed E-state index contributed by atoms with van der Waals surface area (Å²) >= 11 is 1.14. The SMILES string of the molecule is Cc1cc(C)cc(NC(=O)CS[C@H]2CC(=O)N(c3ccc(F)cc3)C2=O)c1. The van der Waals surface area contributed by atoms with Crippen molar-refractivity contribution in [2.24, 2.45) is 0 Å². The Morgan fingerprint density at radius 3 is 2.41 bits per heavy atom. The van der Waals surface area contributed by atoms with Gasteiger partial charge >= 0.3 is 0 Å². The van der Waals surface area contributed by atoms with E-state index in [1.54, 1.807) is 0 Å². The second-order valence-electron chi connectivity index (χ2n) is 6.47. The molecule has 0 unspecified atom stereocenters. The molecule has 0 spiro atoms. The van der Waals surface area contributed by atoms with Crippen molar-refractivity contribution in [3.63, 3.8) is 0 Å². The van der Waals surface area contributed by atoms with E-state index in [4.69, 9.17) is 0 Å². The van der Waals surface area contributed by atoms with Crippen LogP contribution in [-0.4, -0.2) is 28.7 Å². The van der Waals surface area contributed by atoms with Crippen LogP contribution in [0.5, 0.6) is 0 Å². The molecule has 1 fully saturated rings. The lowest BCUT2D eigenvalue weighted by molar-refractivity contribution is -0.121. The Balaban J connectivity index is 1.59. The summed E-state index contributed by atoms with van der Waals surface area (Å²) in [6, 6.07) is 10.9. The second kappa shape index (κ2) is 7.92. The summed E-state index contributed by atoms with van der Waals surface area (Å²) in [6.45, 7) is 3.90. The molecule has 0 radical (unpaired) electrons. The number of carbonyl (C=O) groups excluding carboxylic acids is 3. The smallest absolute Gasteiger partial charge is 0.247 e. The summed E-state index contributed by atoms with van der Waals surface area (Å²) in [7, 11) is 0. The molecule has 0 saturated carbocycles. The summed E-state index contributed by atoms with van der Waals surface area (Å²) in [4.78, 5) is 37.9. The van der Waals surface area contributed by atoms with Crippen molar-refractivity contribution in [2.45, 2.75) is 25.5 Å². The fourth-order valence-electron chi connectivity index (χ4n) is 3.02. The van der Waals surface area contributed by atoms with Crippen LogP contribution >= 0.6 is 11.8 Å². The molecule has 3 rings (SSSR count). The molecule has 0 aliphatic carbocycles. The van der Waals surface area contributed by atoms with Crippen LogP contribution in [0.1, 0.15) is 17.5 Å². The average Bonchev–Trinajstić information content (AvgIpc) is 2.87. The quantitative estimate of drug-likeness (QED) is 0.800. The summed E-state index contributed by atoms with van der Waals surface area (Å²) < 4.78 is 13.0. The number of rotatable bonds is 5. The second-order valence-corrected chi connectivity index (χ2v) is 7.66. The number of thioether (sulfide) groups is 1. The summed E-state index contributed by atoms with van der Waals surface area (Å²) in [5, 5.41) is 2.19. The number of anilines is 2. The summed E-state index contributed by atoms with van der Waals surface area (Å²) in [5.41, 5.74) is 3.14. The topological polar surface area (TPSA) is 66.5 Å². The Labute approximate surface area is 160 Å². The number of imide groups is 1. The molecule has 3 amide bonds. The molecule has 1 N–H and O–H groups in total. The van der Waals surface area contributed by atoms with Gasteiger partial charge in [-0.05, 0) is 61.4 Å². The molecular weight excluding hydrogens is 367 g/mol. The molecule has 140 valence electrons. The minimum Gasteiger partial charge on any atom is -0.325 e. The zero-order valence-electron chi connectivity index (χ0n) is 15.0. The zero-order chi connectivity index (χ0) is 19.6. The number of aryl methyl sites for hydroxylation is 2. The van der Waals surface area contributed by atoms with E-state index in [2.05, 4.69) is 5.32 Å². The first-order valence-electron chi connectivity index (χ1n) is 8.45. The molecule has 2 aromatic rings. The maximum absolute atomic E-state index is 13.0. The van der Waals surface area contributed by atoms with Gasteiger partial charge in [0.2, 0.25) is 17.7 Å². The highest BCUT2D eigenvalue weighted by Gasteiger charge is 2.40. The van der Waals surface area contributed by atoms with Crippen LogP contribution in [0.25, 0.3) is 0 Å². The number of benzene rings is 2. The number of hydrogen-bond donors (Lipinski definition) is 1. The van der Waals surface area contributed by atoms with Gasteiger partial charge in [-0.25, -0.2) is 9.29 Å². The van der Waals surface area contributed by atoms with Crippen LogP contribution in [0.2, 0.25) is 0 Å². The maximum Gasteiger partial charge on any atom is 0.247 e. The molecule has 5 nitrogen and oxygen atoms in total. The highest BCUT2D eigenvalue weighted by atomic mass is 32.2. The number of carbonyl (C=O) groups is 3. The Morgan fingerprint density at radius 1 is 1.15 bits per heavy atom. The van der Waals surface area contributed by atoms with E-state index in [-0.39, 0.29) is 29.9 Å². The third kappa shape index (κ3) is 4.54. The number of halogens is 1. The molecule has 1 heterocycles. The molecule has 1 saturated heterocycles. The number of amides is 3. The van der Waals surface area contributed by atoms with Crippen molar-refractivity contribution in [2.75, 3.05) is 16.0 Å². The highest BCUT2D eigenvalue weighted by Crippen LogP contribution is 2.29. The minimum atomic E-state index is -0.618. The van der Waals surface area contributed by atoms with Crippen molar-refractivity contribution in [3.05, 3.63) is 59.4 Å². The van der Waals surface area contributed by atoms with Crippen LogP contribution in [-0.2, 0) is 14.4 Å². The van der Waals surface area contributed by atoms with Gasteiger partial charge in [0.05, 0.1) is 16.7 Å². The maximum atomic E-state index is 13.0. The van der Waals surface area contributed by atoms with Crippen LogP contribution in [0.4, 0.5) is 15.8 Å². The Morgan fingerprint density at radius 2 is 1.78 bits per heavy atom. The van der Waals surface area contributed by atoms with Crippen LogP contribution in [0, 0.1) is 19.7 Å². The minimum absolute atomic E-state index is 0.0255. The molecule has 1 aliphatic rings. The average molecular weight is 386 g/mol. The van der Waals surface area contributed by atoms with Crippen LogP contribution < -0.4 is 10.2 Å². The molecule has 0 aromatic heterocycles. The molecule has 1 aliphatic heterocycles. The van der Waals surface area contributed by atoms with Crippen LogP contribution in [0.3, 0.4) is 0 Å². The number of nitrogens with one attached hydrogen (secondary N) is 1. The van der Waals surface area contributed by atoms with E-state index in [1.807, 2.05) is 32.0 Å². The molecule has 2 aromatic carbocycles. The normalized spacial score (nSPS) is 16.7. The van der Waals surface area contributed by atoms with Crippen molar-refractivity contribution in [1.29, 1.82) is 0 Å². The molecular formula is C20H19FN2O3S. The van der Waals surface area contributed by atoms with Crippen molar-refractivity contribution in [1.82, 2.24) is 0 Å². The van der Waals surface area contributed by atoms with Gasteiger partial charge in [0.25, 0.3) is 0 Å². The molecule has 27 heavy (non-hydrogen) atoms. The van der Waals surface area contributed by atoms with Crippen molar-refractivity contribution < 1.29 is 18.8 Å². The van der Waals surface area contributed by atoms with E-state index in [9.17, 15) is 18.8 Å². The van der Waals surface area contributed by atoms with E-state index >= 15 is 0 Å². The fraction of sp³-hybridized carbons (Fsp3) is 0.250. The summed E-state index contributed by atoms with van der Waals surface area (Å²) in [5.74, 6) is -1.33. The Bertz CT molecular complexity index is 878. The molecule has 1 atom stereocenters. The predicted octanol–water partition coefficient (Wildman–Crippen LogP) is 3.45. The van der Waals surface area contributed by atoms with E-state index in [0.29, 0.717) is 11.4 Å². The predicted molar refractivity (Wildman–Crippen MR) is 104 cm³/mol. The Hall–Kier alpha value is -2.67. The van der Waals surface area contributed by atoms with Crippen molar-refractivity contribution in [3.8, 4) is 0 Å². The van der Waals surface area contributed by atoms with E-state index in [1.165, 1.54) is 24.3 Å². The molecule has 7 heteroatoms. The first-order valence-corrected chi connectivity index (χ1v) is 9.50. The first kappa shape index (κ1) is 19.1. The van der Waals surface area contributed by atoms with Gasteiger partial charge in [-0.1, -0.05) is 6.07 Å². The Kier molecular flexibility index (Phi) is 5.60. The summed E-state index contributed by atoms with van der Waals surface area (Å²) in [6.07, 6.45) is 0.0255. The molecule has 0 bridgehead atoms. The first-order chi connectivity index (χ1) is 12.8. The van der Waals surface area contributed by atoms with Gasteiger partial charge in [-0.3, -0.25) is 14.4 Å². The van der Waals surface area contributed by atoms with Gasteiger partial charge in [0, 0.05) is 12.1 Å². The van der Waals surface area contributed by atoms with Crippen molar-refractivity contribution >= 4 is 40.9 Å². The monoisotopic (exact) mass is 386 g/mol. The lowest BCUT2D eigenvalue weighted by Gasteiger charge is -2.14. The lowest BCUT2D eigenvalue weighted by Crippen LogP contribution is -2.31. The number of nitrogens with zero attached hydrogens (tertiary/aromatic N) is 1. The largest absolute Gasteiger partial charge is 0.325 e. The van der Waals surface area contributed by atoms with Gasteiger partial charge in [0.15, 0.2) is 0 Å². The third-order valence-electron chi connectivity index (χ3n) is 4.11. The fourth-order valence-corrected chi connectivity index (χ4v) is 3.95. The van der Waals surface area contributed by atoms with E-state index < -0.39 is 11.1 Å². The van der Waals surface area contributed by atoms with Gasteiger partial charge < -0.3 is 5.32 Å². The van der Waals surface area contributed by atoms with Gasteiger partial charge in [-0.15, -0.1) is 11.8 Å². The number of hydrogen-bond acceptors (Lipinski definition) is 4. The highest BCUT2D eigenvalue weighted by molar-refractivity contribution is 8.01. The van der Waals surface area contributed by atoms with Crippen LogP contribution in [0.15, 0.2) is 42.5 Å². The third-order valence-corrected chi connectivity index (χ3v) is 5.31. The zero-order valence-corrected chi connectivity index (χ0v) is 15.8.